The van der Waals surface area contributed by atoms with Crippen molar-refractivity contribution in [2.75, 3.05) is 0 Å². The minimum Gasteiger partial charge on any atom is -0.508 e. The number of phenolic OH excluding ortho intramolecular Hbond substituents is 1. The third-order valence-electron chi connectivity index (χ3n) is 2.95. The normalized spacial score (nSPS) is 11.4. The van der Waals surface area contributed by atoms with Crippen LogP contribution in [-0.4, -0.2) is 15.1 Å². The summed E-state index contributed by atoms with van der Waals surface area (Å²) in [5.74, 6) is 0.692. The van der Waals surface area contributed by atoms with Crippen LogP contribution in [0.1, 0.15) is 11.4 Å². The van der Waals surface area contributed by atoms with Crippen molar-refractivity contribution in [3.8, 4) is 11.8 Å². The Morgan fingerprint density at radius 1 is 1.20 bits per heavy atom. The van der Waals surface area contributed by atoms with E-state index >= 15 is 0 Å². The Morgan fingerprint density at radius 2 is 2.05 bits per heavy atom. The van der Waals surface area contributed by atoms with Gasteiger partial charge in [-0.2, -0.15) is 5.26 Å². The molecule has 2 aromatic carbocycles. The highest BCUT2D eigenvalue weighted by molar-refractivity contribution is 5.90. The van der Waals surface area contributed by atoms with Crippen molar-refractivity contribution >= 4 is 22.7 Å². The van der Waals surface area contributed by atoms with Crippen molar-refractivity contribution in [3.63, 3.8) is 0 Å². The predicted molar refractivity (Wildman–Crippen MR) is 77.7 cm³/mol. The van der Waals surface area contributed by atoms with Crippen LogP contribution < -0.4 is 0 Å². The molecule has 2 N–H and O–H groups in total. The zero-order valence-electron chi connectivity index (χ0n) is 10.5. The number of hydrogen-bond donors (Lipinski definition) is 2. The van der Waals surface area contributed by atoms with E-state index in [9.17, 15) is 10.4 Å². The van der Waals surface area contributed by atoms with Crippen LogP contribution in [0.4, 0.5) is 0 Å². The smallest absolute Gasteiger partial charge is 0.149 e. The molecule has 0 aliphatic carbocycles. The number of nitrogens with zero attached hydrogens (tertiary/aromatic N) is 2. The van der Waals surface area contributed by atoms with Gasteiger partial charge in [0, 0.05) is 0 Å². The van der Waals surface area contributed by atoms with Crippen molar-refractivity contribution in [2.45, 2.75) is 0 Å². The second kappa shape index (κ2) is 4.90. The quantitative estimate of drug-likeness (QED) is 0.695. The number of nitriles is 1. The molecule has 96 valence electrons. The van der Waals surface area contributed by atoms with Gasteiger partial charge in [0.2, 0.25) is 0 Å². The molecule has 20 heavy (non-hydrogen) atoms. The monoisotopic (exact) mass is 261 g/mol. The molecular weight excluding hydrogens is 250 g/mol. The Labute approximate surface area is 115 Å². The highest BCUT2D eigenvalue weighted by Gasteiger charge is 2.07. The fourth-order valence-corrected chi connectivity index (χ4v) is 2.02. The van der Waals surface area contributed by atoms with Crippen molar-refractivity contribution in [2.24, 2.45) is 0 Å². The Kier molecular flexibility index (Phi) is 2.94. The van der Waals surface area contributed by atoms with Crippen LogP contribution in [0.5, 0.6) is 5.75 Å². The van der Waals surface area contributed by atoms with Gasteiger partial charge in [-0.05, 0) is 35.9 Å². The standard InChI is InChI=1S/C16H11N3O/c17-10-12(8-11-4-3-5-13(20)9-11)16-18-14-6-1-2-7-15(14)19-16/h1-9,20H,(H,18,19). The molecule has 0 aliphatic rings. The SMILES string of the molecule is N#CC(=Cc1cccc(O)c1)c1nc2ccccc2[nH]1. The summed E-state index contributed by atoms with van der Waals surface area (Å²) in [6, 6.07) is 16.5. The molecule has 0 bridgehead atoms. The largest absolute Gasteiger partial charge is 0.508 e. The molecule has 4 nitrogen and oxygen atoms in total. The van der Waals surface area contributed by atoms with Gasteiger partial charge >= 0.3 is 0 Å². The predicted octanol–water partition coefficient (Wildman–Crippen LogP) is 3.33. The Bertz CT molecular complexity index is 807. The number of aromatic nitrogens is 2. The van der Waals surface area contributed by atoms with Gasteiger partial charge in [-0.3, -0.25) is 0 Å². The molecule has 1 aromatic heterocycles. The third-order valence-corrected chi connectivity index (χ3v) is 2.95. The van der Waals surface area contributed by atoms with Gasteiger partial charge in [0.25, 0.3) is 0 Å². The first-order chi connectivity index (χ1) is 9.76. The minimum atomic E-state index is 0.167. The molecule has 0 unspecified atom stereocenters. The van der Waals surface area contributed by atoms with Crippen LogP contribution in [0.2, 0.25) is 0 Å². The fourth-order valence-electron chi connectivity index (χ4n) is 2.02. The van der Waals surface area contributed by atoms with Crippen molar-refractivity contribution in [1.82, 2.24) is 9.97 Å². The maximum atomic E-state index is 9.45. The Morgan fingerprint density at radius 3 is 2.80 bits per heavy atom. The number of phenols is 1. The summed E-state index contributed by atoms with van der Waals surface area (Å²) in [5.41, 5.74) is 2.88. The van der Waals surface area contributed by atoms with Gasteiger partial charge in [-0.15, -0.1) is 0 Å². The van der Waals surface area contributed by atoms with E-state index < -0.39 is 0 Å². The van der Waals surface area contributed by atoms with Gasteiger partial charge < -0.3 is 10.1 Å². The summed E-state index contributed by atoms with van der Waals surface area (Å²) in [6.07, 6.45) is 1.69. The average molecular weight is 261 g/mol. The number of aromatic amines is 1. The zero-order valence-corrected chi connectivity index (χ0v) is 10.5. The highest BCUT2D eigenvalue weighted by atomic mass is 16.3. The molecule has 3 rings (SSSR count). The lowest BCUT2D eigenvalue weighted by Gasteiger charge is -1.96. The van der Waals surface area contributed by atoms with E-state index in [-0.39, 0.29) is 5.75 Å². The summed E-state index contributed by atoms with van der Waals surface area (Å²) in [5, 5.41) is 18.7. The van der Waals surface area contributed by atoms with Gasteiger partial charge in [0.15, 0.2) is 0 Å². The molecule has 3 aromatic rings. The van der Waals surface area contributed by atoms with Gasteiger partial charge in [-0.1, -0.05) is 24.3 Å². The van der Waals surface area contributed by atoms with Gasteiger partial charge in [0.05, 0.1) is 16.6 Å². The maximum Gasteiger partial charge on any atom is 0.149 e. The molecule has 0 saturated carbocycles. The number of H-pyrrole nitrogens is 1. The van der Waals surface area contributed by atoms with Crippen molar-refractivity contribution < 1.29 is 5.11 Å². The van der Waals surface area contributed by atoms with Crippen LogP contribution in [0.3, 0.4) is 0 Å². The Balaban J connectivity index is 2.07. The molecular formula is C16H11N3O. The first-order valence-corrected chi connectivity index (χ1v) is 6.12. The average Bonchev–Trinajstić information content (AvgIpc) is 2.88. The molecule has 1 heterocycles. The molecule has 0 fully saturated rings. The van der Waals surface area contributed by atoms with E-state index in [2.05, 4.69) is 16.0 Å². The van der Waals surface area contributed by atoms with E-state index in [4.69, 9.17) is 0 Å². The molecule has 0 spiro atoms. The Hall–Kier alpha value is -3.06. The van der Waals surface area contributed by atoms with Gasteiger partial charge in [-0.25, -0.2) is 4.98 Å². The number of benzene rings is 2. The molecule has 0 aliphatic heterocycles. The summed E-state index contributed by atoms with van der Waals surface area (Å²) in [4.78, 5) is 7.51. The first kappa shape index (κ1) is 12.0. The molecule has 0 atom stereocenters. The molecule has 0 amide bonds. The maximum absolute atomic E-state index is 9.45. The number of para-hydroxylation sites is 2. The number of allylic oxidation sites excluding steroid dienone is 1. The summed E-state index contributed by atoms with van der Waals surface area (Å²) < 4.78 is 0. The zero-order chi connectivity index (χ0) is 13.9. The molecule has 0 saturated heterocycles. The molecule has 4 heteroatoms. The number of nitrogens with one attached hydrogen (secondary N) is 1. The van der Waals surface area contributed by atoms with E-state index in [0.29, 0.717) is 11.4 Å². The van der Waals surface area contributed by atoms with Crippen molar-refractivity contribution in [3.05, 3.63) is 59.9 Å². The number of rotatable bonds is 2. The van der Waals surface area contributed by atoms with Crippen LogP contribution in [0.15, 0.2) is 48.5 Å². The second-order valence-corrected chi connectivity index (χ2v) is 4.37. The van der Waals surface area contributed by atoms with E-state index in [0.717, 1.165) is 16.6 Å². The van der Waals surface area contributed by atoms with Crippen molar-refractivity contribution in [1.29, 1.82) is 5.26 Å². The first-order valence-electron chi connectivity index (χ1n) is 6.12. The third kappa shape index (κ3) is 2.25. The van der Waals surface area contributed by atoms with Crippen LogP contribution in [-0.2, 0) is 0 Å². The van der Waals surface area contributed by atoms with Crippen LogP contribution >= 0.6 is 0 Å². The lowest BCUT2D eigenvalue weighted by molar-refractivity contribution is 0.475. The summed E-state index contributed by atoms with van der Waals surface area (Å²) >= 11 is 0. The van der Waals surface area contributed by atoms with Gasteiger partial charge in [0.1, 0.15) is 17.6 Å². The van der Waals surface area contributed by atoms with E-state index in [1.165, 1.54) is 0 Å². The number of hydrogen-bond acceptors (Lipinski definition) is 3. The number of fused-ring (bicyclic) bond motifs is 1. The topological polar surface area (TPSA) is 72.7 Å². The molecule has 0 radical (unpaired) electrons. The fraction of sp³-hybridized carbons (Fsp3) is 0. The number of imidazole rings is 1. The summed E-state index contributed by atoms with van der Waals surface area (Å²) in [6.45, 7) is 0. The van der Waals surface area contributed by atoms with E-state index in [1.54, 1.807) is 24.3 Å². The second-order valence-electron chi connectivity index (χ2n) is 4.37. The van der Waals surface area contributed by atoms with Crippen LogP contribution in [0, 0.1) is 11.3 Å². The minimum absolute atomic E-state index is 0.167. The number of aromatic hydroxyl groups is 1. The lowest BCUT2D eigenvalue weighted by Crippen LogP contribution is -1.84. The summed E-state index contributed by atoms with van der Waals surface area (Å²) in [7, 11) is 0. The van der Waals surface area contributed by atoms with E-state index in [1.807, 2.05) is 30.3 Å². The lowest BCUT2D eigenvalue weighted by atomic mass is 10.1. The highest BCUT2D eigenvalue weighted by Crippen LogP contribution is 2.20. The van der Waals surface area contributed by atoms with Crippen LogP contribution in [0.25, 0.3) is 22.7 Å².